The molecule has 3 heteroatoms. The number of hydrogen-bond donors (Lipinski definition) is 1. The Morgan fingerprint density at radius 2 is 2.33 bits per heavy atom. The molecule has 1 N–H and O–H groups in total. The van der Waals surface area contributed by atoms with Gasteiger partial charge in [-0.2, -0.15) is 0 Å². The average Bonchev–Trinajstić information content (AvgIpc) is 2.28. The third kappa shape index (κ3) is 5.50. The van der Waals surface area contributed by atoms with Crippen molar-refractivity contribution in [2.24, 2.45) is 0 Å². The lowest BCUT2D eigenvalue weighted by atomic mass is 10.0. The van der Waals surface area contributed by atoms with Crippen LogP contribution in [0, 0.1) is 0 Å². The summed E-state index contributed by atoms with van der Waals surface area (Å²) in [6.07, 6.45) is 6.47. The fraction of sp³-hybridized carbons (Fsp3) is 1.00. The summed E-state index contributed by atoms with van der Waals surface area (Å²) in [5.41, 5.74) is 0. The van der Waals surface area contributed by atoms with Gasteiger partial charge >= 0.3 is 0 Å². The molecule has 15 heavy (non-hydrogen) atoms. The molecule has 0 bridgehead atoms. The summed E-state index contributed by atoms with van der Waals surface area (Å²) < 4.78 is 11.0. The van der Waals surface area contributed by atoms with Gasteiger partial charge in [0, 0.05) is 19.8 Å². The van der Waals surface area contributed by atoms with Crippen LogP contribution in [0.4, 0.5) is 0 Å². The summed E-state index contributed by atoms with van der Waals surface area (Å²) in [5.74, 6) is 0. The quantitative estimate of drug-likeness (QED) is 0.704. The van der Waals surface area contributed by atoms with Crippen molar-refractivity contribution in [2.45, 2.75) is 51.2 Å². The SMILES string of the molecule is CCCNC(COC)CC1CCCCO1. The van der Waals surface area contributed by atoms with Crippen LogP contribution in [0.3, 0.4) is 0 Å². The summed E-state index contributed by atoms with van der Waals surface area (Å²) in [7, 11) is 1.77. The molecule has 0 spiro atoms. The summed E-state index contributed by atoms with van der Waals surface area (Å²) in [5, 5.41) is 3.51. The van der Waals surface area contributed by atoms with Crippen LogP contribution in [0.25, 0.3) is 0 Å². The van der Waals surface area contributed by atoms with Gasteiger partial charge in [-0.05, 0) is 38.6 Å². The van der Waals surface area contributed by atoms with E-state index in [1.54, 1.807) is 7.11 Å². The Hall–Kier alpha value is -0.120. The number of nitrogens with one attached hydrogen (secondary N) is 1. The highest BCUT2D eigenvalue weighted by Crippen LogP contribution is 2.17. The first-order valence-electron chi connectivity index (χ1n) is 6.20. The fourth-order valence-electron chi connectivity index (χ4n) is 2.07. The van der Waals surface area contributed by atoms with Crippen molar-refractivity contribution >= 4 is 0 Å². The lowest BCUT2D eigenvalue weighted by Crippen LogP contribution is -2.38. The van der Waals surface area contributed by atoms with E-state index in [0.29, 0.717) is 12.1 Å². The first kappa shape index (κ1) is 12.9. The Balaban J connectivity index is 2.21. The summed E-state index contributed by atoms with van der Waals surface area (Å²) >= 11 is 0. The second-order valence-electron chi connectivity index (χ2n) is 4.33. The topological polar surface area (TPSA) is 30.5 Å². The van der Waals surface area contributed by atoms with E-state index in [9.17, 15) is 0 Å². The van der Waals surface area contributed by atoms with Gasteiger partial charge < -0.3 is 14.8 Å². The molecule has 90 valence electrons. The standard InChI is InChI=1S/C12H25NO2/c1-3-7-13-11(10-14-2)9-12-6-4-5-8-15-12/h11-13H,3-10H2,1-2H3. The molecule has 1 saturated heterocycles. The predicted molar refractivity (Wildman–Crippen MR) is 62.2 cm³/mol. The first-order chi connectivity index (χ1) is 7.36. The maximum Gasteiger partial charge on any atom is 0.0616 e. The van der Waals surface area contributed by atoms with Crippen molar-refractivity contribution in [3.63, 3.8) is 0 Å². The average molecular weight is 215 g/mol. The minimum Gasteiger partial charge on any atom is -0.383 e. The van der Waals surface area contributed by atoms with E-state index in [-0.39, 0.29) is 0 Å². The van der Waals surface area contributed by atoms with Crippen LogP contribution in [0.15, 0.2) is 0 Å². The summed E-state index contributed by atoms with van der Waals surface area (Å²) in [6.45, 7) is 4.99. The molecule has 0 aliphatic carbocycles. The Morgan fingerprint density at radius 3 is 2.93 bits per heavy atom. The molecular formula is C12H25NO2. The first-order valence-corrected chi connectivity index (χ1v) is 6.20. The number of ether oxygens (including phenoxy) is 2. The van der Waals surface area contributed by atoms with Crippen LogP contribution < -0.4 is 5.32 Å². The Bertz CT molecular complexity index is 147. The van der Waals surface area contributed by atoms with Gasteiger partial charge in [0.2, 0.25) is 0 Å². The summed E-state index contributed by atoms with van der Waals surface area (Å²) in [4.78, 5) is 0. The third-order valence-electron chi connectivity index (χ3n) is 2.87. The lowest BCUT2D eigenvalue weighted by molar-refractivity contribution is -0.000706. The molecule has 1 rings (SSSR count). The zero-order valence-electron chi connectivity index (χ0n) is 10.1. The molecule has 3 nitrogen and oxygen atoms in total. The monoisotopic (exact) mass is 215 g/mol. The van der Waals surface area contributed by atoms with Gasteiger partial charge in [0.1, 0.15) is 0 Å². The maximum atomic E-state index is 5.74. The summed E-state index contributed by atoms with van der Waals surface area (Å²) in [6, 6.07) is 0.457. The minimum atomic E-state index is 0.447. The van der Waals surface area contributed by atoms with Crippen molar-refractivity contribution in [1.29, 1.82) is 0 Å². The highest BCUT2D eigenvalue weighted by Gasteiger charge is 2.18. The van der Waals surface area contributed by atoms with Crippen LogP contribution in [-0.4, -0.2) is 39.0 Å². The Morgan fingerprint density at radius 1 is 1.47 bits per heavy atom. The normalized spacial score (nSPS) is 24.0. The Labute approximate surface area is 93.5 Å². The molecule has 0 aromatic rings. The lowest BCUT2D eigenvalue weighted by Gasteiger charge is -2.27. The van der Waals surface area contributed by atoms with Crippen molar-refractivity contribution in [2.75, 3.05) is 26.9 Å². The number of hydrogen-bond acceptors (Lipinski definition) is 3. The molecule has 2 atom stereocenters. The van der Waals surface area contributed by atoms with Crippen LogP contribution >= 0.6 is 0 Å². The highest BCUT2D eigenvalue weighted by molar-refractivity contribution is 4.74. The molecule has 1 aliphatic heterocycles. The van der Waals surface area contributed by atoms with E-state index in [2.05, 4.69) is 12.2 Å². The van der Waals surface area contributed by atoms with Crippen molar-refractivity contribution in [1.82, 2.24) is 5.32 Å². The molecule has 1 fully saturated rings. The largest absolute Gasteiger partial charge is 0.383 e. The maximum absolute atomic E-state index is 5.74. The molecule has 0 saturated carbocycles. The molecule has 2 unspecified atom stereocenters. The van der Waals surface area contributed by atoms with E-state index in [1.165, 1.54) is 25.7 Å². The minimum absolute atomic E-state index is 0.447. The van der Waals surface area contributed by atoms with Crippen molar-refractivity contribution < 1.29 is 9.47 Å². The van der Waals surface area contributed by atoms with Gasteiger partial charge in [0.05, 0.1) is 12.7 Å². The zero-order chi connectivity index (χ0) is 10.9. The molecular weight excluding hydrogens is 190 g/mol. The number of rotatable bonds is 7. The van der Waals surface area contributed by atoms with E-state index in [4.69, 9.17) is 9.47 Å². The van der Waals surface area contributed by atoms with Crippen LogP contribution in [0.2, 0.25) is 0 Å². The van der Waals surface area contributed by atoms with E-state index >= 15 is 0 Å². The van der Waals surface area contributed by atoms with Gasteiger partial charge in [0.25, 0.3) is 0 Å². The van der Waals surface area contributed by atoms with Crippen molar-refractivity contribution in [3.8, 4) is 0 Å². The van der Waals surface area contributed by atoms with Crippen LogP contribution in [-0.2, 0) is 9.47 Å². The molecule has 1 heterocycles. The molecule has 0 amide bonds. The third-order valence-corrected chi connectivity index (χ3v) is 2.87. The van der Waals surface area contributed by atoms with Gasteiger partial charge in [-0.1, -0.05) is 6.92 Å². The van der Waals surface area contributed by atoms with Gasteiger partial charge in [-0.3, -0.25) is 0 Å². The zero-order valence-corrected chi connectivity index (χ0v) is 10.1. The van der Waals surface area contributed by atoms with E-state index in [0.717, 1.165) is 26.2 Å². The highest BCUT2D eigenvalue weighted by atomic mass is 16.5. The van der Waals surface area contributed by atoms with Gasteiger partial charge in [-0.25, -0.2) is 0 Å². The van der Waals surface area contributed by atoms with Gasteiger partial charge in [-0.15, -0.1) is 0 Å². The van der Waals surface area contributed by atoms with Crippen LogP contribution in [0.5, 0.6) is 0 Å². The fourth-order valence-corrected chi connectivity index (χ4v) is 2.07. The van der Waals surface area contributed by atoms with Crippen molar-refractivity contribution in [3.05, 3.63) is 0 Å². The second kappa shape index (κ2) is 8.08. The molecule has 1 aliphatic rings. The Kier molecular flexibility index (Phi) is 6.98. The molecule has 0 aromatic carbocycles. The molecule has 0 aromatic heterocycles. The van der Waals surface area contributed by atoms with E-state index < -0.39 is 0 Å². The smallest absolute Gasteiger partial charge is 0.0616 e. The van der Waals surface area contributed by atoms with Crippen LogP contribution in [0.1, 0.15) is 39.0 Å². The molecule has 0 radical (unpaired) electrons. The van der Waals surface area contributed by atoms with Gasteiger partial charge in [0.15, 0.2) is 0 Å². The number of methoxy groups -OCH3 is 1. The van der Waals surface area contributed by atoms with E-state index in [1.807, 2.05) is 0 Å². The predicted octanol–water partition coefficient (Wildman–Crippen LogP) is 1.96. The second-order valence-corrected chi connectivity index (χ2v) is 4.33.